The summed E-state index contributed by atoms with van der Waals surface area (Å²) in [6.07, 6.45) is 6.79. The molecule has 1 aliphatic heterocycles. The lowest BCUT2D eigenvalue weighted by atomic mass is 10.2. The number of rotatable bonds is 6. The topological polar surface area (TPSA) is 61.6 Å². The standard InChI is InChI=1S/C22H29N7.HI/c1-2-23-21(28-15-17-29(18-16-28)22-24-10-5-11-25-22)26-12-6-13-27-14-9-19-7-3-4-8-20(19)27;/h3-5,7-11,14H,2,6,12-13,15-18H2,1H3,(H,23,26);1H. The van der Waals surface area contributed by atoms with E-state index in [2.05, 4.69) is 73.1 Å². The second kappa shape index (κ2) is 11.1. The molecule has 0 aliphatic carbocycles. The molecule has 1 aliphatic rings. The number of aliphatic imine (C=N–C) groups is 1. The van der Waals surface area contributed by atoms with Crippen molar-refractivity contribution in [2.75, 3.05) is 44.2 Å². The molecule has 0 saturated carbocycles. The quantitative estimate of drug-likeness (QED) is 0.235. The van der Waals surface area contributed by atoms with Gasteiger partial charge in [-0.3, -0.25) is 4.99 Å². The van der Waals surface area contributed by atoms with E-state index in [4.69, 9.17) is 4.99 Å². The molecular formula is C22H30IN7. The second-order valence-electron chi connectivity index (χ2n) is 7.18. The van der Waals surface area contributed by atoms with E-state index in [9.17, 15) is 0 Å². The highest BCUT2D eigenvalue weighted by molar-refractivity contribution is 14.0. The molecule has 8 heteroatoms. The fraction of sp³-hybridized carbons (Fsp3) is 0.409. The van der Waals surface area contributed by atoms with E-state index in [-0.39, 0.29) is 24.0 Å². The fourth-order valence-electron chi connectivity index (χ4n) is 3.76. The van der Waals surface area contributed by atoms with Gasteiger partial charge in [0.2, 0.25) is 5.95 Å². The first-order chi connectivity index (χ1) is 14.3. The maximum absolute atomic E-state index is 4.88. The van der Waals surface area contributed by atoms with Crippen molar-refractivity contribution in [3.8, 4) is 0 Å². The predicted molar refractivity (Wildman–Crippen MR) is 134 cm³/mol. The summed E-state index contributed by atoms with van der Waals surface area (Å²) < 4.78 is 2.32. The van der Waals surface area contributed by atoms with Gasteiger partial charge in [-0.15, -0.1) is 24.0 Å². The van der Waals surface area contributed by atoms with Crippen LogP contribution < -0.4 is 10.2 Å². The number of aromatic nitrogens is 3. The largest absolute Gasteiger partial charge is 0.357 e. The zero-order chi connectivity index (χ0) is 19.9. The number of halogens is 1. The van der Waals surface area contributed by atoms with Gasteiger partial charge in [-0.25, -0.2) is 9.97 Å². The minimum absolute atomic E-state index is 0. The van der Waals surface area contributed by atoms with Crippen LogP contribution in [0.25, 0.3) is 10.9 Å². The first-order valence-corrected chi connectivity index (χ1v) is 10.4. The zero-order valence-corrected chi connectivity index (χ0v) is 19.8. The molecule has 4 rings (SSSR count). The third-order valence-corrected chi connectivity index (χ3v) is 5.25. The Balaban J connectivity index is 0.00000256. The fourth-order valence-corrected chi connectivity index (χ4v) is 3.76. The van der Waals surface area contributed by atoms with Crippen molar-refractivity contribution >= 4 is 46.8 Å². The van der Waals surface area contributed by atoms with E-state index in [0.717, 1.165) is 64.1 Å². The zero-order valence-electron chi connectivity index (χ0n) is 17.4. The molecule has 0 radical (unpaired) electrons. The number of hydrogen-bond acceptors (Lipinski definition) is 4. The summed E-state index contributed by atoms with van der Waals surface area (Å²) in [5.74, 6) is 1.83. The Morgan fingerprint density at radius 3 is 2.57 bits per heavy atom. The molecule has 1 N–H and O–H groups in total. The normalized spacial score (nSPS) is 14.6. The lowest BCUT2D eigenvalue weighted by Crippen LogP contribution is -2.53. The molecule has 7 nitrogen and oxygen atoms in total. The molecule has 1 fully saturated rings. The number of nitrogens with zero attached hydrogens (tertiary/aromatic N) is 6. The number of guanidine groups is 1. The number of fused-ring (bicyclic) bond motifs is 1. The van der Waals surface area contributed by atoms with E-state index in [0.29, 0.717) is 0 Å². The molecule has 3 heterocycles. The minimum atomic E-state index is 0. The van der Waals surface area contributed by atoms with Crippen molar-refractivity contribution in [3.63, 3.8) is 0 Å². The molecule has 1 aromatic carbocycles. The van der Waals surface area contributed by atoms with E-state index in [1.54, 1.807) is 12.4 Å². The van der Waals surface area contributed by atoms with Crippen LogP contribution in [0.2, 0.25) is 0 Å². The lowest BCUT2D eigenvalue weighted by Gasteiger charge is -2.36. The molecule has 0 bridgehead atoms. The van der Waals surface area contributed by atoms with E-state index in [1.807, 2.05) is 6.07 Å². The number of anilines is 1. The average Bonchev–Trinajstić information content (AvgIpc) is 3.20. The minimum Gasteiger partial charge on any atom is -0.357 e. The third kappa shape index (κ3) is 5.41. The van der Waals surface area contributed by atoms with Gasteiger partial charge in [0.15, 0.2) is 5.96 Å². The number of benzene rings is 1. The van der Waals surface area contributed by atoms with Crippen LogP contribution in [0.15, 0.2) is 60.0 Å². The van der Waals surface area contributed by atoms with Crippen LogP contribution in [-0.4, -0.2) is 64.7 Å². The summed E-state index contributed by atoms with van der Waals surface area (Å²) in [6.45, 7) is 8.46. The average molecular weight is 519 g/mol. The van der Waals surface area contributed by atoms with Crippen molar-refractivity contribution in [3.05, 3.63) is 55.0 Å². The summed E-state index contributed by atoms with van der Waals surface area (Å²) in [7, 11) is 0. The monoisotopic (exact) mass is 519 g/mol. The molecule has 0 spiro atoms. The SMILES string of the molecule is CCNC(=NCCCn1ccc2ccccc21)N1CCN(c2ncccn2)CC1.I. The molecule has 0 unspecified atom stereocenters. The number of nitrogens with one attached hydrogen (secondary N) is 1. The molecule has 3 aromatic rings. The van der Waals surface area contributed by atoms with Gasteiger partial charge in [0.25, 0.3) is 0 Å². The van der Waals surface area contributed by atoms with Crippen LogP contribution in [0, 0.1) is 0 Å². The summed E-state index contributed by atoms with van der Waals surface area (Å²) in [5.41, 5.74) is 1.29. The van der Waals surface area contributed by atoms with Gasteiger partial charge in [-0.2, -0.15) is 0 Å². The van der Waals surface area contributed by atoms with Crippen LogP contribution >= 0.6 is 24.0 Å². The number of hydrogen-bond donors (Lipinski definition) is 1. The first kappa shape index (κ1) is 22.3. The highest BCUT2D eigenvalue weighted by atomic mass is 127. The Kier molecular flexibility index (Phi) is 8.30. The molecule has 1 saturated heterocycles. The van der Waals surface area contributed by atoms with Crippen LogP contribution in [0.1, 0.15) is 13.3 Å². The molecular weight excluding hydrogens is 489 g/mol. The summed E-state index contributed by atoms with van der Waals surface area (Å²) in [6, 6.07) is 12.6. The van der Waals surface area contributed by atoms with E-state index < -0.39 is 0 Å². The van der Waals surface area contributed by atoms with Crippen molar-refractivity contribution < 1.29 is 0 Å². The van der Waals surface area contributed by atoms with Crippen LogP contribution in [0.4, 0.5) is 5.95 Å². The number of piperazine rings is 1. The maximum atomic E-state index is 4.88. The van der Waals surface area contributed by atoms with Crippen LogP contribution in [0.5, 0.6) is 0 Å². The Labute approximate surface area is 195 Å². The summed E-state index contributed by atoms with van der Waals surface area (Å²) in [5, 5.41) is 4.75. The van der Waals surface area contributed by atoms with Crippen molar-refractivity contribution in [1.82, 2.24) is 24.8 Å². The van der Waals surface area contributed by atoms with Crippen molar-refractivity contribution in [1.29, 1.82) is 0 Å². The Morgan fingerprint density at radius 2 is 1.80 bits per heavy atom. The highest BCUT2D eigenvalue weighted by Crippen LogP contribution is 2.15. The lowest BCUT2D eigenvalue weighted by molar-refractivity contribution is 0.370. The van der Waals surface area contributed by atoms with E-state index >= 15 is 0 Å². The predicted octanol–water partition coefficient (Wildman–Crippen LogP) is 3.23. The number of aryl methyl sites for hydroxylation is 1. The van der Waals surface area contributed by atoms with Gasteiger partial charge in [0, 0.05) is 69.9 Å². The Morgan fingerprint density at radius 1 is 1.03 bits per heavy atom. The van der Waals surface area contributed by atoms with E-state index in [1.165, 1.54) is 10.9 Å². The molecule has 0 amide bonds. The molecule has 0 atom stereocenters. The second-order valence-corrected chi connectivity index (χ2v) is 7.18. The first-order valence-electron chi connectivity index (χ1n) is 10.4. The Hall–Kier alpha value is -2.36. The van der Waals surface area contributed by atoms with Crippen molar-refractivity contribution in [2.45, 2.75) is 19.9 Å². The van der Waals surface area contributed by atoms with Gasteiger partial charge < -0.3 is 19.7 Å². The number of para-hydroxylation sites is 1. The van der Waals surface area contributed by atoms with Gasteiger partial charge in [0.1, 0.15) is 0 Å². The smallest absolute Gasteiger partial charge is 0.225 e. The maximum Gasteiger partial charge on any atom is 0.225 e. The molecule has 30 heavy (non-hydrogen) atoms. The van der Waals surface area contributed by atoms with Crippen LogP contribution in [-0.2, 0) is 6.54 Å². The highest BCUT2D eigenvalue weighted by Gasteiger charge is 2.20. The summed E-state index contributed by atoms with van der Waals surface area (Å²) >= 11 is 0. The van der Waals surface area contributed by atoms with Gasteiger partial charge >= 0.3 is 0 Å². The van der Waals surface area contributed by atoms with Gasteiger partial charge in [-0.1, -0.05) is 18.2 Å². The van der Waals surface area contributed by atoms with Gasteiger partial charge in [0.05, 0.1) is 0 Å². The van der Waals surface area contributed by atoms with Crippen molar-refractivity contribution in [2.24, 2.45) is 4.99 Å². The molecule has 2 aromatic heterocycles. The summed E-state index contributed by atoms with van der Waals surface area (Å²) in [4.78, 5) is 18.2. The van der Waals surface area contributed by atoms with Gasteiger partial charge in [-0.05, 0) is 36.9 Å². The Bertz CT molecular complexity index is 933. The third-order valence-electron chi connectivity index (χ3n) is 5.25. The molecule has 160 valence electrons. The van der Waals surface area contributed by atoms with Crippen LogP contribution in [0.3, 0.4) is 0 Å².